The van der Waals surface area contributed by atoms with Gasteiger partial charge in [0.2, 0.25) is 0 Å². The Kier molecular flexibility index (Phi) is 5.71. The minimum absolute atomic E-state index is 0.138. The average Bonchev–Trinajstić information content (AvgIpc) is 3.15. The number of anilines is 1. The third-order valence-electron chi connectivity index (χ3n) is 5.30. The van der Waals surface area contributed by atoms with Gasteiger partial charge < -0.3 is 21.3 Å². The van der Waals surface area contributed by atoms with Crippen LogP contribution < -0.4 is 16.4 Å². The Labute approximate surface area is 160 Å². The molecule has 0 radical (unpaired) electrons. The van der Waals surface area contributed by atoms with E-state index in [0.29, 0.717) is 11.7 Å². The standard InChI is InChI=1S/C18H27N5O3S/c1-27(25,26)16-12-13(17(24)21-18(19)20)4-5-15(16)23-10-6-14(7-11-23)22-8-2-3-9-22/h4-5,12,14H,2-3,6-11H2,1H3,(H4,19,20,21,24). The van der Waals surface area contributed by atoms with Crippen LogP contribution in [0.5, 0.6) is 0 Å². The second-order valence-electron chi connectivity index (χ2n) is 7.26. The summed E-state index contributed by atoms with van der Waals surface area (Å²) in [6.45, 7) is 3.93. The Balaban J connectivity index is 1.83. The molecule has 4 N–H and O–H groups in total. The fraction of sp³-hybridized carbons (Fsp3) is 0.556. The van der Waals surface area contributed by atoms with Gasteiger partial charge in [0.25, 0.3) is 5.91 Å². The molecular weight excluding hydrogens is 366 g/mol. The van der Waals surface area contributed by atoms with E-state index in [2.05, 4.69) is 14.8 Å². The summed E-state index contributed by atoms with van der Waals surface area (Å²) in [7, 11) is -3.51. The molecule has 0 aliphatic carbocycles. The molecule has 27 heavy (non-hydrogen) atoms. The molecule has 0 spiro atoms. The number of likely N-dealkylation sites (tertiary alicyclic amines) is 1. The van der Waals surface area contributed by atoms with E-state index in [-0.39, 0.29) is 16.4 Å². The minimum atomic E-state index is -3.51. The van der Waals surface area contributed by atoms with Gasteiger partial charge in [-0.1, -0.05) is 0 Å². The molecule has 1 amide bonds. The molecule has 2 aliphatic heterocycles. The van der Waals surface area contributed by atoms with Crippen LogP contribution in [0.25, 0.3) is 0 Å². The molecule has 3 rings (SSSR count). The predicted octanol–water partition coefficient (Wildman–Crippen LogP) is 0.568. The van der Waals surface area contributed by atoms with Gasteiger partial charge in [0.1, 0.15) is 0 Å². The highest BCUT2D eigenvalue weighted by Crippen LogP contribution is 2.31. The molecule has 2 saturated heterocycles. The average molecular weight is 394 g/mol. The molecule has 2 aliphatic rings. The van der Waals surface area contributed by atoms with Gasteiger partial charge in [-0.3, -0.25) is 4.79 Å². The Bertz CT molecular complexity index is 835. The first-order chi connectivity index (χ1) is 12.8. The number of piperidine rings is 1. The first-order valence-electron chi connectivity index (χ1n) is 9.23. The van der Waals surface area contributed by atoms with Crippen molar-refractivity contribution in [3.63, 3.8) is 0 Å². The van der Waals surface area contributed by atoms with Crippen molar-refractivity contribution in [2.45, 2.75) is 36.6 Å². The number of sulfone groups is 1. The van der Waals surface area contributed by atoms with Crippen LogP contribution in [-0.4, -0.2) is 63.7 Å². The van der Waals surface area contributed by atoms with Crippen molar-refractivity contribution < 1.29 is 13.2 Å². The molecule has 0 aromatic heterocycles. The zero-order chi connectivity index (χ0) is 19.6. The molecule has 2 fully saturated rings. The SMILES string of the molecule is CS(=O)(=O)c1cc(C(=O)N=C(N)N)ccc1N1CCC(N2CCCC2)CC1. The lowest BCUT2D eigenvalue weighted by Gasteiger charge is -2.38. The Morgan fingerprint density at radius 3 is 2.30 bits per heavy atom. The molecule has 2 heterocycles. The summed E-state index contributed by atoms with van der Waals surface area (Å²) in [4.78, 5) is 20.3. The number of amides is 1. The number of carbonyl (C=O) groups is 1. The lowest BCUT2D eigenvalue weighted by molar-refractivity contribution is 0.100. The van der Waals surface area contributed by atoms with Gasteiger partial charge in [0.05, 0.1) is 10.6 Å². The van der Waals surface area contributed by atoms with Crippen molar-refractivity contribution in [3.05, 3.63) is 23.8 Å². The van der Waals surface area contributed by atoms with Gasteiger partial charge in [0.15, 0.2) is 15.8 Å². The summed E-state index contributed by atoms with van der Waals surface area (Å²) >= 11 is 0. The Morgan fingerprint density at radius 2 is 1.74 bits per heavy atom. The molecule has 1 aromatic carbocycles. The summed E-state index contributed by atoms with van der Waals surface area (Å²) < 4.78 is 24.7. The first kappa shape index (κ1) is 19.6. The van der Waals surface area contributed by atoms with Crippen LogP contribution in [-0.2, 0) is 9.84 Å². The van der Waals surface area contributed by atoms with Crippen LogP contribution in [0.15, 0.2) is 28.1 Å². The maximum atomic E-state index is 12.3. The maximum absolute atomic E-state index is 12.3. The summed E-state index contributed by atoms with van der Waals surface area (Å²) in [5.74, 6) is -1.01. The van der Waals surface area contributed by atoms with Crippen LogP contribution in [0.2, 0.25) is 0 Å². The van der Waals surface area contributed by atoms with Crippen LogP contribution in [0.3, 0.4) is 0 Å². The van der Waals surface area contributed by atoms with E-state index >= 15 is 0 Å². The highest BCUT2D eigenvalue weighted by molar-refractivity contribution is 7.90. The van der Waals surface area contributed by atoms with Gasteiger partial charge in [-0.25, -0.2) is 8.42 Å². The third-order valence-corrected chi connectivity index (χ3v) is 6.43. The zero-order valence-corrected chi connectivity index (χ0v) is 16.4. The van der Waals surface area contributed by atoms with Crippen LogP contribution >= 0.6 is 0 Å². The number of guanidine groups is 1. The van der Waals surface area contributed by atoms with Crippen LogP contribution in [0, 0.1) is 0 Å². The fourth-order valence-corrected chi connectivity index (χ4v) is 4.88. The molecule has 0 saturated carbocycles. The van der Waals surface area contributed by atoms with E-state index < -0.39 is 15.7 Å². The zero-order valence-electron chi connectivity index (χ0n) is 15.6. The molecule has 0 atom stereocenters. The number of rotatable bonds is 4. The lowest BCUT2D eigenvalue weighted by Crippen LogP contribution is -2.44. The van der Waals surface area contributed by atoms with E-state index in [1.165, 1.54) is 32.0 Å². The van der Waals surface area contributed by atoms with E-state index in [4.69, 9.17) is 11.5 Å². The normalized spacial score (nSPS) is 19.2. The monoisotopic (exact) mass is 393 g/mol. The van der Waals surface area contributed by atoms with Gasteiger partial charge in [-0.2, -0.15) is 4.99 Å². The number of carbonyl (C=O) groups excluding carboxylic acids is 1. The topological polar surface area (TPSA) is 122 Å². The summed E-state index contributed by atoms with van der Waals surface area (Å²) in [5.41, 5.74) is 11.3. The molecule has 0 unspecified atom stereocenters. The first-order valence-corrected chi connectivity index (χ1v) is 11.1. The minimum Gasteiger partial charge on any atom is -0.370 e. The Morgan fingerprint density at radius 1 is 1.11 bits per heavy atom. The predicted molar refractivity (Wildman–Crippen MR) is 106 cm³/mol. The fourth-order valence-electron chi connectivity index (χ4n) is 3.97. The second-order valence-corrected chi connectivity index (χ2v) is 9.24. The quantitative estimate of drug-likeness (QED) is 0.566. The molecule has 9 heteroatoms. The third kappa shape index (κ3) is 4.59. The van der Waals surface area contributed by atoms with E-state index in [0.717, 1.165) is 32.2 Å². The lowest BCUT2D eigenvalue weighted by atomic mass is 10.0. The second kappa shape index (κ2) is 7.85. The van der Waals surface area contributed by atoms with Gasteiger partial charge in [-0.05, 0) is 57.0 Å². The molecule has 8 nitrogen and oxygen atoms in total. The van der Waals surface area contributed by atoms with Crippen molar-refractivity contribution in [2.24, 2.45) is 16.5 Å². The van der Waals surface area contributed by atoms with Crippen molar-refractivity contribution in [1.29, 1.82) is 0 Å². The maximum Gasteiger partial charge on any atom is 0.280 e. The van der Waals surface area contributed by atoms with Crippen molar-refractivity contribution in [1.82, 2.24) is 4.90 Å². The Hall–Kier alpha value is -2.13. The number of hydrogen-bond acceptors (Lipinski definition) is 5. The summed E-state index contributed by atoms with van der Waals surface area (Å²) in [5, 5.41) is 0. The molecule has 0 bridgehead atoms. The van der Waals surface area contributed by atoms with Crippen LogP contribution in [0.4, 0.5) is 5.69 Å². The van der Waals surface area contributed by atoms with Crippen molar-refractivity contribution >= 4 is 27.4 Å². The van der Waals surface area contributed by atoms with Crippen LogP contribution in [0.1, 0.15) is 36.0 Å². The highest BCUT2D eigenvalue weighted by Gasteiger charge is 2.28. The number of nitrogens with two attached hydrogens (primary N) is 2. The summed E-state index contributed by atoms with van der Waals surface area (Å²) in [6.07, 6.45) is 5.71. The van der Waals surface area contributed by atoms with E-state index in [1.54, 1.807) is 12.1 Å². The number of nitrogens with zero attached hydrogens (tertiary/aromatic N) is 3. The van der Waals surface area contributed by atoms with Gasteiger partial charge in [-0.15, -0.1) is 0 Å². The largest absolute Gasteiger partial charge is 0.370 e. The molecular formula is C18H27N5O3S. The number of benzene rings is 1. The van der Waals surface area contributed by atoms with Gasteiger partial charge in [0, 0.05) is 31.0 Å². The van der Waals surface area contributed by atoms with E-state index in [9.17, 15) is 13.2 Å². The smallest absolute Gasteiger partial charge is 0.280 e. The summed E-state index contributed by atoms with van der Waals surface area (Å²) in [6, 6.07) is 5.20. The van der Waals surface area contributed by atoms with Crippen molar-refractivity contribution in [3.8, 4) is 0 Å². The highest BCUT2D eigenvalue weighted by atomic mass is 32.2. The number of aliphatic imine (C=N–C) groups is 1. The van der Waals surface area contributed by atoms with Gasteiger partial charge >= 0.3 is 0 Å². The number of hydrogen-bond donors (Lipinski definition) is 2. The molecule has 1 aromatic rings. The molecule has 148 valence electrons. The van der Waals surface area contributed by atoms with E-state index in [1.807, 2.05) is 0 Å². The van der Waals surface area contributed by atoms with Crippen molar-refractivity contribution in [2.75, 3.05) is 37.3 Å².